The Bertz CT molecular complexity index is 376. The zero-order valence-corrected chi connectivity index (χ0v) is 10.7. The van der Waals surface area contributed by atoms with Crippen LogP contribution in [-0.4, -0.2) is 18.1 Å². The van der Waals surface area contributed by atoms with E-state index in [1.807, 2.05) is 18.2 Å². The van der Waals surface area contributed by atoms with Crippen LogP contribution in [-0.2, 0) is 0 Å². The fourth-order valence-electron chi connectivity index (χ4n) is 2.42. The van der Waals surface area contributed by atoms with Gasteiger partial charge in [0.05, 0.1) is 0 Å². The molecule has 1 aliphatic rings. The number of hydrogen-bond donors (Lipinski definition) is 1. The molecule has 0 bridgehead atoms. The van der Waals surface area contributed by atoms with Crippen molar-refractivity contribution in [3.63, 3.8) is 0 Å². The van der Waals surface area contributed by atoms with Crippen LogP contribution in [0.15, 0.2) is 24.3 Å². The number of benzene rings is 1. The molecular formula is C13H19ClN2. The molecule has 1 heterocycles. The van der Waals surface area contributed by atoms with Crippen LogP contribution < -0.4 is 10.6 Å². The predicted octanol–water partition coefficient (Wildman–Crippen LogP) is 3.05. The van der Waals surface area contributed by atoms with Crippen molar-refractivity contribution in [2.45, 2.75) is 38.3 Å². The SMILES string of the molecule is CC1(C)C(N)CCCN1c1cccc(Cl)c1. The summed E-state index contributed by atoms with van der Waals surface area (Å²) in [5.74, 6) is 0. The van der Waals surface area contributed by atoms with Crippen molar-refractivity contribution >= 4 is 17.3 Å². The highest BCUT2D eigenvalue weighted by atomic mass is 35.5. The Morgan fingerprint density at radius 1 is 1.44 bits per heavy atom. The van der Waals surface area contributed by atoms with E-state index in [2.05, 4.69) is 24.8 Å². The Balaban J connectivity index is 2.32. The molecule has 0 aromatic heterocycles. The molecule has 2 nitrogen and oxygen atoms in total. The third-order valence-corrected chi connectivity index (χ3v) is 3.85. The molecule has 1 atom stereocenters. The summed E-state index contributed by atoms with van der Waals surface area (Å²) < 4.78 is 0. The smallest absolute Gasteiger partial charge is 0.0496 e. The average molecular weight is 239 g/mol. The Morgan fingerprint density at radius 2 is 2.19 bits per heavy atom. The van der Waals surface area contributed by atoms with Crippen LogP contribution in [0.2, 0.25) is 5.02 Å². The van der Waals surface area contributed by atoms with Gasteiger partial charge >= 0.3 is 0 Å². The van der Waals surface area contributed by atoms with E-state index >= 15 is 0 Å². The lowest BCUT2D eigenvalue weighted by Crippen LogP contribution is -2.59. The molecule has 1 saturated heterocycles. The summed E-state index contributed by atoms with van der Waals surface area (Å²) in [5, 5.41) is 0.785. The highest BCUT2D eigenvalue weighted by Crippen LogP contribution is 2.32. The summed E-state index contributed by atoms with van der Waals surface area (Å²) in [6.45, 7) is 5.47. The summed E-state index contributed by atoms with van der Waals surface area (Å²) in [4.78, 5) is 2.37. The predicted molar refractivity (Wildman–Crippen MR) is 70.1 cm³/mol. The largest absolute Gasteiger partial charge is 0.365 e. The average Bonchev–Trinajstić information content (AvgIpc) is 2.22. The summed E-state index contributed by atoms with van der Waals surface area (Å²) >= 11 is 6.04. The zero-order chi connectivity index (χ0) is 11.8. The first-order valence-electron chi connectivity index (χ1n) is 5.80. The van der Waals surface area contributed by atoms with Crippen molar-refractivity contribution in [1.82, 2.24) is 0 Å². The van der Waals surface area contributed by atoms with E-state index < -0.39 is 0 Å². The quantitative estimate of drug-likeness (QED) is 0.815. The molecule has 1 aromatic rings. The highest BCUT2D eigenvalue weighted by molar-refractivity contribution is 6.30. The molecule has 0 saturated carbocycles. The molecule has 2 N–H and O–H groups in total. The van der Waals surface area contributed by atoms with Gasteiger partial charge in [-0.25, -0.2) is 0 Å². The van der Waals surface area contributed by atoms with Crippen LogP contribution in [0.1, 0.15) is 26.7 Å². The van der Waals surface area contributed by atoms with Gasteiger partial charge in [0.2, 0.25) is 0 Å². The molecule has 0 aliphatic carbocycles. The molecule has 0 amide bonds. The first-order chi connectivity index (χ1) is 7.51. The van der Waals surface area contributed by atoms with Gasteiger partial charge in [-0.3, -0.25) is 0 Å². The van der Waals surface area contributed by atoms with E-state index in [0.29, 0.717) is 0 Å². The topological polar surface area (TPSA) is 29.3 Å². The Hall–Kier alpha value is -0.730. The standard InChI is InChI=1S/C13H19ClN2/c1-13(2)12(15)7-4-8-16(13)11-6-3-5-10(14)9-11/h3,5-6,9,12H,4,7-8,15H2,1-2H3. The van der Waals surface area contributed by atoms with Crippen LogP contribution in [0.5, 0.6) is 0 Å². The van der Waals surface area contributed by atoms with Gasteiger partial charge in [-0.05, 0) is 44.9 Å². The van der Waals surface area contributed by atoms with Gasteiger partial charge in [0.1, 0.15) is 0 Å². The molecule has 0 radical (unpaired) electrons. The van der Waals surface area contributed by atoms with Gasteiger partial charge < -0.3 is 10.6 Å². The molecule has 3 heteroatoms. The van der Waals surface area contributed by atoms with Crippen molar-refractivity contribution in [3.8, 4) is 0 Å². The normalized spacial score (nSPS) is 24.5. The summed E-state index contributed by atoms with van der Waals surface area (Å²) in [5.41, 5.74) is 7.38. The van der Waals surface area contributed by atoms with Crippen molar-refractivity contribution in [2.24, 2.45) is 5.73 Å². The number of hydrogen-bond acceptors (Lipinski definition) is 2. The number of piperidine rings is 1. The van der Waals surface area contributed by atoms with Gasteiger partial charge in [-0.1, -0.05) is 17.7 Å². The lowest BCUT2D eigenvalue weighted by molar-refractivity contribution is 0.310. The highest BCUT2D eigenvalue weighted by Gasteiger charge is 2.36. The number of nitrogens with zero attached hydrogens (tertiary/aromatic N) is 1. The number of rotatable bonds is 1. The van der Waals surface area contributed by atoms with Crippen LogP contribution in [0, 0.1) is 0 Å². The molecule has 2 rings (SSSR count). The molecule has 1 aromatic carbocycles. The number of halogens is 1. The first-order valence-corrected chi connectivity index (χ1v) is 6.18. The van der Waals surface area contributed by atoms with E-state index in [9.17, 15) is 0 Å². The molecule has 1 fully saturated rings. The maximum atomic E-state index is 6.20. The van der Waals surface area contributed by atoms with Crippen LogP contribution >= 0.6 is 11.6 Å². The zero-order valence-electron chi connectivity index (χ0n) is 9.91. The lowest BCUT2D eigenvalue weighted by atomic mass is 9.85. The van der Waals surface area contributed by atoms with Crippen molar-refractivity contribution < 1.29 is 0 Å². The fourth-order valence-corrected chi connectivity index (χ4v) is 2.60. The van der Waals surface area contributed by atoms with Gasteiger partial charge in [-0.15, -0.1) is 0 Å². The van der Waals surface area contributed by atoms with Crippen LogP contribution in [0.4, 0.5) is 5.69 Å². The molecular weight excluding hydrogens is 220 g/mol. The van der Waals surface area contributed by atoms with Gasteiger partial charge in [-0.2, -0.15) is 0 Å². The maximum absolute atomic E-state index is 6.20. The number of nitrogens with two attached hydrogens (primary N) is 1. The second-order valence-corrected chi connectivity index (χ2v) is 5.47. The second kappa shape index (κ2) is 4.27. The second-order valence-electron chi connectivity index (χ2n) is 5.03. The van der Waals surface area contributed by atoms with Crippen LogP contribution in [0.25, 0.3) is 0 Å². The van der Waals surface area contributed by atoms with Crippen molar-refractivity contribution in [2.75, 3.05) is 11.4 Å². The van der Waals surface area contributed by atoms with Gasteiger partial charge in [0.25, 0.3) is 0 Å². The minimum absolute atomic E-state index is 0.00291. The number of anilines is 1. The van der Waals surface area contributed by atoms with Crippen molar-refractivity contribution in [3.05, 3.63) is 29.3 Å². The minimum atomic E-state index is 0.00291. The molecule has 0 spiro atoms. The summed E-state index contributed by atoms with van der Waals surface area (Å²) in [6.07, 6.45) is 2.25. The Labute approximate surface area is 102 Å². The van der Waals surface area contributed by atoms with Crippen LogP contribution in [0.3, 0.4) is 0 Å². The van der Waals surface area contributed by atoms with E-state index in [1.54, 1.807) is 0 Å². The molecule has 1 aliphatic heterocycles. The van der Waals surface area contributed by atoms with Gasteiger partial charge in [0.15, 0.2) is 0 Å². The Morgan fingerprint density at radius 3 is 2.88 bits per heavy atom. The third kappa shape index (κ3) is 2.04. The van der Waals surface area contributed by atoms with E-state index in [-0.39, 0.29) is 11.6 Å². The van der Waals surface area contributed by atoms with E-state index in [4.69, 9.17) is 17.3 Å². The summed E-state index contributed by atoms with van der Waals surface area (Å²) in [7, 11) is 0. The van der Waals surface area contributed by atoms with E-state index in [1.165, 1.54) is 5.69 Å². The Kier molecular flexibility index (Phi) is 3.13. The molecule has 88 valence electrons. The fraction of sp³-hybridized carbons (Fsp3) is 0.538. The van der Waals surface area contributed by atoms with E-state index in [0.717, 1.165) is 24.4 Å². The molecule has 16 heavy (non-hydrogen) atoms. The molecule has 1 unspecified atom stereocenters. The van der Waals surface area contributed by atoms with Gasteiger partial charge in [0, 0.05) is 28.8 Å². The monoisotopic (exact) mass is 238 g/mol. The minimum Gasteiger partial charge on any atom is -0.365 e. The lowest BCUT2D eigenvalue weighted by Gasteiger charge is -2.48. The maximum Gasteiger partial charge on any atom is 0.0496 e. The van der Waals surface area contributed by atoms with Crippen molar-refractivity contribution in [1.29, 1.82) is 0 Å². The third-order valence-electron chi connectivity index (χ3n) is 3.62. The first kappa shape index (κ1) is 11.7. The summed E-state index contributed by atoms with van der Waals surface area (Å²) in [6, 6.07) is 8.24.